The molecule has 2 N–H and O–H groups in total. The third-order valence-electron chi connectivity index (χ3n) is 5.26. The van der Waals surface area contributed by atoms with E-state index in [1.807, 2.05) is 24.3 Å². The van der Waals surface area contributed by atoms with Gasteiger partial charge in [0.15, 0.2) is 0 Å². The normalized spacial score (nSPS) is 24.5. The first kappa shape index (κ1) is 15.6. The maximum Gasteiger partial charge on any atom is 0.269 e. The van der Waals surface area contributed by atoms with Gasteiger partial charge in [-0.05, 0) is 42.9 Å². The van der Waals surface area contributed by atoms with Crippen LogP contribution in [0.1, 0.15) is 18.4 Å². The van der Waals surface area contributed by atoms with Crippen LogP contribution in [0.25, 0.3) is 0 Å². The highest BCUT2D eigenvalue weighted by Crippen LogP contribution is 2.40. The van der Waals surface area contributed by atoms with Crippen LogP contribution in [0.2, 0.25) is 0 Å². The first-order valence-electron chi connectivity index (χ1n) is 8.51. The second kappa shape index (κ2) is 6.20. The molecule has 25 heavy (non-hydrogen) atoms. The average Bonchev–Trinajstić information content (AvgIpc) is 2.92. The molecule has 0 bridgehead atoms. The molecule has 3 atom stereocenters. The maximum absolute atomic E-state index is 12.8. The van der Waals surface area contributed by atoms with E-state index in [1.54, 1.807) is 12.1 Å². The molecule has 0 spiro atoms. The van der Waals surface area contributed by atoms with Crippen molar-refractivity contribution in [3.8, 4) is 0 Å². The van der Waals surface area contributed by atoms with Gasteiger partial charge in [-0.2, -0.15) is 0 Å². The molecule has 1 heterocycles. The summed E-state index contributed by atoms with van der Waals surface area (Å²) in [7, 11) is 0. The van der Waals surface area contributed by atoms with Gasteiger partial charge in [-0.15, -0.1) is 0 Å². The summed E-state index contributed by atoms with van der Waals surface area (Å²) in [5.41, 5.74) is 2.93. The number of hydrogen-bond acceptors (Lipinski definition) is 4. The van der Waals surface area contributed by atoms with Crippen molar-refractivity contribution in [3.05, 3.63) is 64.2 Å². The Bertz CT molecular complexity index is 819. The van der Waals surface area contributed by atoms with Gasteiger partial charge < -0.3 is 10.6 Å². The number of nitrogens with one attached hydrogen (secondary N) is 2. The molecule has 3 unspecified atom stereocenters. The summed E-state index contributed by atoms with van der Waals surface area (Å²) in [5, 5.41) is 17.3. The number of carbonyl (C=O) groups excluding carboxylic acids is 1. The number of nitro groups is 1. The smallest absolute Gasteiger partial charge is 0.269 e. The molecule has 6 heteroatoms. The number of amides is 1. The zero-order valence-electron chi connectivity index (χ0n) is 13.6. The Morgan fingerprint density at radius 2 is 1.76 bits per heavy atom. The molecule has 6 nitrogen and oxygen atoms in total. The number of carbonyl (C=O) groups is 1. The zero-order valence-corrected chi connectivity index (χ0v) is 13.6. The van der Waals surface area contributed by atoms with E-state index in [9.17, 15) is 14.9 Å². The van der Waals surface area contributed by atoms with Crippen molar-refractivity contribution in [1.82, 2.24) is 0 Å². The van der Waals surface area contributed by atoms with E-state index in [4.69, 9.17) is 0 Å². The van der Waals surface area contributed by atoms with Crippen LogP contribution in [0.5, 0.6) is 0 Å². The van der Waals surface area contributed by atoms with Crippen LogP contribution in [0, 0.1) is 22.0 Å². The van der Waals surface area contributed by atoms with Crippen molar-refractivity contribution in [1.29, 1.82) is 0 Å². The van der Waals surface area contributed by atoms with Gasteiger partial charge in [-0.25, -0.2) is 0 Å². The highest BCUT2D eigenvalue weighted by atomic mass is 16.6. The number of benzene rings is 2. The minimum absolute atomic E-state index is 0.0619. The van der Waals surface area contributed by atoms with Gasteiger partial charge in [0, 0.05) is 18.2 Å². The van der Waals surface area contributed by atoms with Gasteiger partial charge in [-0.1, -0.05) is 24.3 Å². The molecular weight excluding hydrogens is 318 g/mol. The molecule has 2 aromatic rings. The number of fused-ring (bicyclic) bond motifs is 2. The predicted molar refractivity (Wildman–Crippen MR) is 95.5 cm³/mol. The molecule has 1 fully saturated rings. The molecule has 4 rings (SSSR count). The third kappa shape index (κ3) is 2.95. The summed E-state index contributed by atoms with van der Waals surface area (Å²) in [6.07, 6.45) is 2.67. The second-order valence-corrected chi connectivity index (χ2v) is 6.78. The Kier molecular flexibility index (Phi) is 3.87. The van der Waals surface area contributed by atoms with Crippen molar-refractivity contribution < 1.29 is 9.72 Å². The number of anilines is 2. The fourth-order valence-corrected chi connectivity index (χ4v) is 4.06. The highest BCUT2D eigenvalue weighted by Gasteiger charge is 2.42. The van der Waals surface area contributed by atoms with Crippen molar-refractivity contribution in [3.63, 3.8) is 0 Å². The number of rotatable bonds is 3. The number of nitrogens with zero attached hydrogens (tertiary/aromatic N) is 1. The third-order valence-corrected chi connectivity index (χ3v) is 5.26. The molecule has 2 aromatic carbocycles. The topological polar surface area (TPSA) is 84.3 Å². The summed E-state index contributed by atoms with van der Waals surface area (Å²) in [6.45, 7) is 0. The molecule has 1 aliphatic carbocycles. The second-order valence-electron chi connectivity index (χ2n) is 6.78. The molecule has 1 aliphatic heterocycles. The standard InChI is InChI=1S/C19H19N3O3/c23-19-18-13(11-12-5-8-14(9-6-12)22(24)25)7-10-17(18)20-15-3-1-2-4-16(15)21-19/h1-6,8-9,13,17-18,20H,7,10-11H2,(H,21,23). The molecular formula is C19H19N3O3. The van der Waals surface area contributed by atoms with Gasteiger partial charge in [0.25, 0.3) is 5.69 Å². The van der Waals surface area contributed by atoms with Crippen LogP contribution in [-0.4, -0.2) is 16.9 Å². The van der Waals surface area contributed by atoms with Crippen LogP contribution in [-0.2, 0) is 11.2 Å². The van der Waals surface area contributed by atoms with E-state index < -0.39 is 4.92 Å². The lowest BCUT2D eigenvalue weighted by atomic mass is 9.87. The van der Waals surface area contributed by atoms with Gasteiger partial charge >= 0.3 is 0 Å². The number of para-hydroxylation sites is 2. The van der Waals surface area contributed by atoms with Gasteiger partial charge in [0.1, 0.15) is 0 Å². The summed E-state index contributed by atoms with van der Waals surface area (Å²) in [4.78, 5) is 23.1. The fraction of sp³-hybridized carbons (Fsp3) is 0.316. The molecule has 2 aliphatic rings. The van der Waals surface area contributed by atoms with E-state index in [0.717, 1.165) is 36.2 Å². The van der Waals surface area contributed by atoms with E-state index in [-0.39, 0.29) is 29.5 Å². The Hall–Kier alpha value is -2.89. The maximum atomic E-state index is 12.8. The van der Waals surface area contributed by atoms with Crippen molar-refractivity contribution in [2.45, 2.75) is 25.3 Å². The SMILES string of the molecule is O=C1Nc2ccccc2NC2CCC(Cc3ccc([N+](=O)[O-])cc3)C12. The fourth-order valence-electron chi connectivity index (χ4n) is 4.06. The van der Waals surface area contributed by atoms with Crippen molar-refractivity contribution >= 4 is 23.0 Å². The first-order valence-corrected chi connectivity index (χ1v) is 8.51. The van der Waals surface area contributed by atoms with E-state index in [1.165, 1.54) is 12.1 Å². The summed E-state index contributed by atoms with van der Waals surface area (Å²) in [5.74, 6) is 0.197. The lowest BCUT2D eigenvalue weighted by molar-refractivity contribution is -0.384. The summed E-state index contributed by atoms with van der Waals surface area (Å²) in [6, 6.07) is 14.6. The Morgan fingerprint density at radius 1 is 1.04 bits per heavy atom. The number of hydrogen-bond donors (Lipinski definition) is 2. The number of nitro benzene ring substituents is 1. The average molecular weight is 337 g/mol. The van der Waals surface area contributed by atoms with Gasteiger partial charge in [0.05, 0.1) is 22.2 Å². The molecule has 0 saturated heterocycles. The lowest BCUT2D eigenvalue weighted by Gasteiger charge is -2.22. The first-order chi connectivity index (χ1) is 12.1. The quantitative estimate of drug-likeness (QED) is 0.662. The van der Waals surface area contributed by atoms with Gasteiger partial charge in [-0.3, -0.25) is 14.9 Å². The van der Waals surface area contributed by atoms with E-state index in [0.29, 0.717) is 0 Å². The monoisotopic (exact) mass is 337 g/mol. The minimum atomic E-state index is -0.394. The Morgan fingerprint density at radius 3 is 2.48 bits per heavy atom. The minimum Gasteiger partial charge on any atom is -0.380 e. The largest absolute Gasteiger partial charge is 0.380 e. The molecule has 0 radical (unpaired) electrons. The number of non-ortho nitro benzene ring substituents is 1. The molecule has 0 aromatic heterocycles. The Balaban J connectivity index is 1.53. The van der Waals surface area contributed by atoms with Crippen LogP contribution < -0.4 is 10.6 Å². The highest BCUT2D eigenvalue weighted by molar-refractivity contribution is 5.98. The molecule has 1 saturated carbocycles. The van der Waals surface area contributed by atoms with Crippen LogP contribution >= 0.6 is 0 Å². The summed E-state index contributed by atoms with van der Waals surface area (Å²) < 4.78 is 0. The lowest BCUT2D eigenvalue weighted by Crippen LogP contribution is -2.35. The van der Waals surface area contributed by atoms with E-state index in [2.05, 4.69) is 10.6 Å². The Labute approximate surface area is 145 Å². The van der Waals surface area contributed by atoms with Crippen LogP contribution in [0.15, 0.2) is 48.5 Å². The van der Waals surface area contributed by atoms with E-state index >= 15 is 0 Å². The molecule has 1 amide bonds. The van der Waals surface area contributed by atoms with Crippen LogP contribution in [0.4, 0.5) is 17.1 Å². The van der Waals surface area contributed by atoms with Crippen molar-refractivity contribution in [2.24, 2.45) is 11.8 Å². The summed E-state index contributed by atoms with van der Waals surface area (Å²) >= 11 is 0. The zero-order chi connectivity index (χ0) is 17.4. The molecule has 128 valence electrons. The van der Waals surface area contributed by atoms with Crippen molar-refractivity contribution in [2.75, 3.05) is 10.6 Å². The van der Waals surface area contributed by atoms with Crippen LogP contribution in [0.3, 0.4) is 0 Å². The van der Waals surface area contributed by atoms with Gasteiger partial charge in [0.2, 0.25) is 5.91 Å². The predicted octanol–water partition coefficient (Wildman–Crippen LogP) is 3.60.